The number of rotatable bonds is 3. The molecular weight excluding hydrogens is 538 g/mol. The molecule has 0 bridgehead atoms. The third kappa shape index (κ3) is 4.57. The molecule has 10 heteroatoms. The SMILES string of the molecule is CC[C@@]1(O)C(=O)OCc2c1cc1n(c2=O)Cc2cc3c(NC(=O)OC(C)(C)C)ccc([Si](C)(C)C(C)(C)C)c3nc2-1. The number of anilines is 1. The van der Waals surface area contributed by atoms with Crippen LogP contribution in [0.2, 0.25) is 18.1 Å². The van der Waals surface area contributed by atoms with Gasteiger partial charge in [-0.15, -0.1) is 0 Å². The Kier molecular flexibility index (Phi) is 6.55. The third-order valence-corrected chi connectivity index (χ3v) is 14.4. The highest BCUT2D eigenvalue weighted by Crippen LogP contribution is 2.41. The van der Waals surface area contributed by atoms with Crippen LogP contribution in [0.1, 0.15) is 71.6 Å². The monoisotopic (exact) mass is 577 g/mol. The summed E-state index contributed by atoms with van der Waals surface area (Å²) in [5.74, 6) is -0.750. The highest BCUT2D eigenvalue weighted by atomic mass is 28.3. The van der Waals surface area contributed by atoms with Crippen molar-refractivity contribution in [2.24, 2.45) is 0 Å². The molecule has 0 aliphatic carbocycles. The van der Waals surface area contributed by atoms with Crippen molar-refractivity contribution >= 4 is 41.9 Å². The van der Waals surface area contributed by atoms with Crippen molar-refractivity contribution in [2.75, 3.05) is 5.32 Å². The van der Waals surface area contributed by atoms with E-state index in [1.54, 1.807) is 17.6 Å². The molecule has 5 rings (SSSR count). The second-order valence-electron chi connectivity index (χ2n) is 13.7. The topological polar surface area (TPSA) is 120 Å². The second-order valence-corrected chi connectivity index (χ2v) is 18.9. The summed E-state index contributed by atoms with van der Waals surface area (Å²) < 4.78 is 12.3. The summed E-state index contributed by atoms with van der Waals surface area (Å²) in [7, 11) is -2.12. The lowest BCUT2D eigenvalue weighted by Gasteiger charge is -2.38. The van der Waals surface area contributed by atoms with Gasteiger partial charge in [-0.05, 0) is 55.6 Å². The summed E-state index contributed by atoms with van der Waals surface area (Å²) in [6, 6.07) is 7.67. The fraction of sp³-hybridized carbons (Fsp3) is 0.484. The molecule has 1 amide bonds. The first-order valence-corrected chi connectivity index (χ1v) is 17.0. The standard InChI is InChI=1S/C31H39N3O6Si/c1-10-31(38)20-14-22-24-17(15-34(22)26(35)19(20)16-39-27(31)36)13-18-21(32-28(37)40-29(2,3)4)11-12-23(25(18)33-24)41(8,9)30(5,6)7/h11-14,38H,10,15-16H2,1-9H3,(H,32,37)/t31-/m0/s1. The minimum Gasteiger partial charge on any atom is -0.458 e. The summed E-state index contributed by atoms with van der Waals surface area (Å²) in [4.78, 5) is 44.2. The van der Waals surface area contributed by atoms with Crippen molar-refractivity contribution < 1.29 is 24.2 Å². The molecule has 1 aromatic carbocycles. The van der Waals surface area contributed by atoms with E-state index < -0.39 is 31.3 Å². The summed E-state index contributed by atoms with van der Waals surface area (Å²) in [6.07, 6.45) is -0.482. The number of esters is 1. The Labute approximate surface area is 240 Å². The largest absolute Gasteiger partial charge is 0.458 e. The molecule has 1 atom stereocenters. The van der Waals surface area contributed by atoms with E-state index in [-0.39, 0.29) is 41.3 Å². The highest BCUT2D eigenvalue weighted by Gasteiger charge is 2.45. The van der Waals surface area contributed by atoms with Gasteiger partial charge in [-0.2, -0.15) is 0 Å². The third-order valence-electron chi connectivity index (χ3n) is 8.86. The van der Waals surface area contributed by atoms with Crippen molar-refractivity contribution in [3.05, 3.63) is 51.3 Å². The van der Waals surface area contributed by atoms with E-state index in [2.05, 4.69) is 39.2 Å². The average molecular weight is 578 g/mol. The summed E-state index contributed by atoms with van der Waals surface area (Å²) in [5, 5.41) is 16.0. The number of aliphatic hydroxyl groups is 1. The molecule has 0 unspecified atom stereocenters. The molecule has 9 nitrogen and oxygen atoms in total. The van der Waals surface area contributed by atoms with Crippen molar-refractivity contribution in [3.8, 4) is 11.4 Å². The van der Waals surface area contributed by atoms with Gasteiger partial charge in [-0.25, -0.2) is 14.6 Å². The number of carbonyl (C=O) groups excluding carboxylic acids is 2. The maximum atomic E-state index is 13.6. The van der Waals surface area contributed by atoms with E-state index in [4.69, 9.17) is 14.5 Å². The number of nitrogens with one attached hydrogen (secondary N) is 1. The number of aromatic nitrogens is 2. The second kappa shape index (κ2) is 9.25. The number of benzene rings is 1. The Bertz CT molecular complexity index is 1680. The molecule has 2 aliphatic rings. The van der Waals surface area contributed by atoms with E-state index in [0.717, 1.165) is 21.7 Å². The Morgan fingerprint density at radius 1 is 1.17 bits per heavy atom. The van der Waals surface area contributed by atoms with Crippen molar-refractivity contribution in [1.29, 1.82) is 0 Å². The van der Waals surface area contributed by atoms with Crippen LogP contribution in [0.5, 0.6) is 0 Å². The molecule has 0 spiro atoms. The number of pyridine rings is 2. The summed E-state index contributed by atoms with van der Waals surface area (Å²) in [5.41, 5.74) is 1.04. The van der Waals surface area contributed by atoms with Gasteiger partial charge >= 0.3 is 12.1 Å². The maximum absolute atomic E-state index is 13.6. The molecule has 2 aliphatic heterocycles. The molecule has 0 saturated heterocycles. The van der Waals surface area contributed by atoms with E-state index in [0.29, 0.717) is 17.1 Å². The highest BCUT2D eigenvalue weighted by molar-refractivity contribution is 6.93. The lowest BCUT2D eigenvalue weighted by molar-refractivity contribution is -0.172. The Morgan fingerprint density at radius 3 is 2.46 bits per heavy atom. The molecule has 218 valence electrons. The number of ether oxygens (including phenoxy) is 2. The number of cyclic esters (lactones) is 1. The van der Waals surface area contributed by atoms with Crippen LogP contribution in [0.4, 0.5) is 10.5 Å². The number of nitrogens with zero attached hydrogens (tertiary/aromatic N) is 2. The van der Waals surface area contributed by atoms with E-state index in [9.17, 15) is 19.5 Å². The van der Waals surface area contributed by atoms with Gasteiger partial charge in [0.05, 0.1) is 42.8 Å². The number of amides is 1. The van der Waals surface area contributed by atoms with E-state index >= 15 is 0 Å². The van der Waals surface area contributed by atoms with Crippen LogP contribution in [-0.4, -0.2) is 40.4 Å². The minimum absolute atomic E-state index is 0.00658. The molecule has 0 saturated carbocycles. The number of fused-ring (bicyclic) bond motifs is 5. The molecule has 41 heavy (non-hydrogen) atoms. The van der Waals surface area contributed by atoms with Gasteiger partial charge in [0.1, 0.15) is 12.2 Å². The van der Waals surface area contributed by atoms with Gasteiger partial charge in [-0.3, -0.25) is 10.1 Å². The summed E-state index contributed by atoms with van der Waals surface area (Å²) in [6.45, 7) is 18.5. The zero-order valence-electron chi connectivity index (χ0n) is 25.3. The van der Waals surface area contributed by atoms with Crippen LogP contribution in [0.15, 0.2) is 29.1 Å². The number of hydrogen-bond acceptors (Lipinski definition) is 7. The molecule has 2 N–H and O–H groups in total. The fourth-order valence-electron chi connectivity index (χ4n) is 5.50. The zero-order chi connectivity index (χ0) is 30.3. The average Bonchev–Trinajstić information content (AvgIpc) is 3.21. The van der Waals surface area contributed by atoms with Crippen molar-refractivity contribution in [1.82, 2.24) is 9.55 Å². The van der Waals surface area contributed by atoms with Gasteiger partial charge in [0, 0.05) is 16.5 Å². The maximum Gasteiger partial charge on any atom is 0.412 e. The van der Waals surface area contributed by atoms with Gasteiger partial charge in [0.25, 0.3) is 5.56 Å². The van der Waals surface area contributed by atoms with Gasteiger partial charge < -0.3 is 19.1 Å². The Balaban J connectivity index is 1.76. The van der Waals surface area contributed by atoms with Crippen LogP contribution >= 0.6 is 0 Å². The predicted octanol–water partition coefficient (Wildman–Crippen LogP) is 5.14. The van der Waals surface area contributed by atoms with Crippen LogP contribution in [0.3, 0.4) is 0 Å². The van der Waals surface area contributed by atoms with Crippen LogP contribution < -0.4 is 16.1 Å². The molecule has 3 aromatic rings. The normalized spacial score (nSPS) is 18.4. The van der Waals surface area contributed by atoms with Crippen LogP contribution in [-0.2, 0) is 33.0 Å². The first-order valence-electron chi connectivity index (χ1n) is 14.0. The first-order chi connectivity index (χ1) is 18.9. The smallest absolute Gasteiger partial charge is 0.412 e. The predicted molar refractivity (Wildman–Crippen MR) is 161 cm³/mol. The van der Waals surface area contributed by atoms with Crippen molar-refractivity contribution in [3.63, 3.8) is 0 Å². The Hall–Kier alpha value is -3.50. The quantitative estimate of drug-likeness (QED) is 0.256. The van der Waals surface area contributed by atoms with Crippen LogP contribution in [0, 0.1) is 0 Å². The fourth-order valence-corrected chi connectivity index (χ4v) is 7.59. The zero-order valence-corrected chi connectivity index (χ0v) is 26.3. The van der Waals surface area contributed by atoms with E-state index in [1.807, 2.05) is 39.0 Å². The van der Waals surface area contributed by atoms with Gasteiger partial charge in [0.15, 0.2) is 5.60 Å². The van der Waals surface area contributed by atoms with Crippen LogP contribution in [0.25, 0.3) is 22.3 Å². The first kappa shape index (κ1) is 29.0. The van der Waals surface area contributed by atoms with E-state index in [1.165, 1.54) is 0 Å². The Morgan fingerprint density at radius 2 is 1.85 bits per heavy atom. The minimum atomic E-state index is -2.12. The number of carbonyl (C=O) groups is 2. The summed E-state index contributed by atoms with van der Waals surface area (Å²) >= 11 is 0. The van der Waals surface area contributed by atoms with Crippen molar-refractivity contribution in [2.45, 2.75) is 97.4 Å². The molecule has 0 fully saturated rings. The molecule has 4 heterocycles. The van der Waals surface area contributed by atoms with Gasteiger partial charge in [0.2, 0.25) is 0 Å². The molecule has 2 aromatic heterocycles. The molecule has 0 radical (unpaired) electrons. The molecular formula is C31H39N3O6Si. The number of hydrogen-bond donors (Lipinski definition) is 2. The lowest BCUT2D eigenvalue weighted by Crippen LogP contribution is -2.50. The van der Waals surface area contributed by atoms with Gasteiger partial charge in [-0.1, -0.05) is 46.9 Å². The lowest BCUT2D eigenvalue weighted by atomic mass is 9.86.